The van der Waals surface area contributed by atoms with E-state index in [9.17, 15) is 18.0 Å². The van der Waals surface area contributed by atoms with Gasteiger partial charge in [0.25, 0.3) is 5.91 Å². The Balaban J connectivity index is 1.99. The number of halogens is 3. The van der Waals surface area contributed by atoms with Gasteiger partial charge >= 0.3 is 6.18 Å². The highest BCUT2D eigenvalue weighted by molar-refractivity contribution is 6.04. The highest BCUT2D eigenvalue weighted by Crippen LogP contribution is 2.39. The number of hydrogen-bond acceptors (Lipinski definition) is 4. The highest BCUT2D eigenvalue weighted by atomic mass is 19.4. The molecule has 1 aromatic rings. The van der Waals surface area contributed by atoms with E-state index in [2.05, 4.69) is 23.7 Å². The Labute approximate surface area is 132 Å². The van der Waals surface area contributed by atoms with Crippen molar-refractivity contribution in [3.05, 3.63) is 17.8 Å². The van der Waals surface area contributed by atoms with Gasteiger partial charge < -0.3 is 9.80 Å². The average Bonchev–Trinajstić information content (AvgIpc) is 2.50. The van der Waals surface area contributed by atoms with Crippen LogP contribution in [-0.2, 0) is 11.0 Å². The van der Waals surface area contributed by atoms with E-state index in [4.69, 9.17) is 0 Å². The van der Waals surface area contributed by atoms with Gasteiger partial charge in [0.1, 0.15) is 6.04 Å². The molecule has 0 aromatic carbocycles. The molecular formula is C15H19F3N4O. The van der Waals surface area contributed by atoms with Crippen molar-refractivity contribution in [2.75, 3.05) is 36.5 Å². The van der Waals surface area contributed by atoms with Crippen LogP contribution in [0.4, 0.5) is 24.7 Å². The van der Waals surface area contributed by atoms with Crippen molar-refractivity contribution in [3.8, 4) is 0 Å². The van der Waals surface area contributed by atoms with E-state index in [1.165, 1.54) is 11.9 Å². The highest BCUT2D eigenvalue weighted by Gasteiger charge is 2.42. The molecule has 0 spiro atoms. The summed E-state index contributed by atoms with van der Waals surface area (Å²) in [6, 6.07) is 0.927. The first-order chi connectivity index (χ1) is 10.7. The fraction of sp³-hybridized carbons (Fsp3) is 0.600. The average molecular weight is 328 g/mol. The topological polar surface area (TPSA) is 39.7 Å². The minimum absolute atomic E-state index is 0.191. The van der Waals surface area contributed by atoms with Crippen LogP contribution in [0.2, 0.25) is 0 Å². The van der Waals surface area contributed by atoms with E-state index >= 15 is 0 Å². The lowest BCUT2D eigenvalue weighted by Crippen LogP contribution is -2.63. The summed E-state index contributed by atoms with van der Waals surface area (Å²) in [6.07, 6.45) is -3.63. The van der Waals surface area contributed by atoms with Gasteiger partial charge in [-0.05, 0) is 19.9 Å². The van der Waals surface area contributed by atoms with Crippen LogP contribution in [-0.4, -0.2) is 54.6 Å². The first kappa shape index (κ1) is 16.0. The van der Waals surface area contributed by atoms with Crippen molar-refractivity contribution in [1.29, 1.82) is 0 Å². The number of fused-ring (bicyclic) bond motifs is 3. The van der Waals surface area contributed by atoms with E-state index < -0.39 is 17.8 Å². The van der Waals surface area contributed by atoms with Gasteiger partial charge in [0.15, 0.2) is 5.82 Å². The van der Waals surface area contributed by atoms with Crippen LogP contribution in [0.5, 0.6) is 0 Å². The van der Waals surface area contributed by atoms with Crippen LogP contribution in [0.25, 0.3) is 0 Å². The molecule has 5 nitrogen and oxygen atoms in total. The summed E-state index contributed by atoms with van der Waals surface area (Å²) in [7, 11) is 1.51. The number of alkyl halides is 3. The second-order valence-electron chi connectivity index (χ2n) is 6.26. The van der Waals surface area contributed by atoms with Crippen LogP contribution >= 0.6 is 0 Å². The van der Waals surface area contributed by atoms with Gasteiger partial charge in [-0.1, -0.05) is 0 Å². The molecule has 0 bridgehead atoms. The van der Waals surface area contributed by atoms with E-state index in [-0.39, 0.29) is 11.6 Å². The number of amides is 1. The van der Waals surface area contributed by atoms with Crippen LogP contribution in [0.15, 0.2) is 12.3 Å². The largest absolute Gasteiger partial charge is 0.417 e. The Kier molecular flexibility index (Phi) is 3.74. The number of carbonyl (C=O) groups excluding carboxylic acids is 1. The maximum atomic E-state index is 12.9. The summed E-state index contributed by atoms with van der Waals surface area (Å²) >= 11 is 0. The van der Waals surface area contributed by atoms with E-state index in [1.54, 1.807) is 0 Å². The number of anilines is 2. The lowest BCUT2D eigenvalue weighted by Gasteiger charge is -2.47. The van der Waals surface area contributed by atoms with Crippen molar-refractivity contribution in [2.45, 2.75) is 32.1 Å². The molecule has 2 aliphatic rings. The minimum Gasteiger partial charge on any atom is -0.340 e. The number of pyridine rings is 1. The van der Waals surface area contributed by atoms with E-state index in [0.717, 1.165) is 18.8 Å². The maximum Gasteiger partial charge on any atom is 0.417 e. The lowest BCUT2D eigenvalue weighted by molar-refractivity contribution is -0.137. The van der Waals surface area contributed by atoms with E-state index in [1.807, 2.05) is 4.90 Å². The number of likely N-dealkylation sites (N-methyl/N-ethyl adjacent to an activating group) is 1. The number of hydrogen-bond donors (Lipinski definition) is 0. The third kappa shape index (κ3) is 2.65. The molecule has 0 N–H and O–H groups in total. The Bertz CT molecular complexity index is 632. The number of nitrogens with zero attached hydrogens (tertiary/aromatic N) is 4. The third-order valence-corrected chi connectivity index (χ3v) is 4.57. The zero-order chi connectivity index (χ0) is 16.9. The molecule has 0 radical (unpaired) electrons. The van der Waals surface area contributed by atoms with Gasteiger partial charge in [-0.15, -0.1) is 0 Å². The van der Waals surface area contributed by atoms with Gasteiger partial charge in [0.05, 0.1) is 11.3 Å². The van der Waals surface area contributed by atoms with Crippen LogP contribution in [0, 0.1) is 0 Å². The van der Waals surface area contributed by atoms with Gasteiger partial charge in [0.2, 0.25) is 0 Å². The van der Waals surface area contributed by atoms with Crippen molar-refractivity contribution in [2.24, 2.45) is 0 Å². The Morgan fingerprint density at radius 3 is 2.61 bits per heavy atom. The molecule has 0 saturated carbocycles. The maximum absolute atomic E-state index is 12.9. The molecular weight excluding hydrogens is 309 g/mol. The fourth-order valence-electron chi connectivity index (χ4n) is 3.15. The molecule has 1 amide bonds. The van der Waals surface area contributed by atoms with Crippen LogP contribution in [0.3, 0.4) is 0 Å². The third-order valence-electron chi connectivity index (χ3n) is 4.57. The first-order valence-electron chi connectivity index (χ1n) is 7.55. The second kappa shape index (κ2) is 5.36. The summed E-state index contributed by atoms with van der Waals surface area (Å²) in [5.41, 5.74) is -0.616. The van der Waals surface area contributed by atoms with Gasteiger partial charge in [-0.25, -0.2) is 4.98 Å². The SMILES string of the molecule is CC(C)N1CCN2c3ncc(C(F)(F)F)cc3N(C)C(=O)[C@@H]2C1. The molecule has 0 unspecified atom stereocenters. The number of carbonyl (C=O) groups is 1. The van der Waals surface area contributed by atoms with Crippen molar-refractivity contribution in [3.63, 3.8) is 0 Å². The summed E-state index contributed by atoms with van der Waals surface area (Å²) < 4.78 is 38.7. The summed E-state index contributed by atoms with van der Waals surface area (Å²) in [6.45, 7) is 6.02. The minimum atomic E-state index is -4.47. The first-order valence-corrected chi connectivity index (χ1v) is 7.55. The Hall–Kier alpha value is -1.83. The normalized spacial score (nSPS) is 22.4. The quantitative estimate of drug-likeness (QED) is 0.790. The lowest BCUT2D eigenvalue weighted by atomic mass is 10.0. The molecule has 23 heavy (non-hydrogen) atoms. The van der Waals surface area contributed by atoms with Gasteiger partial charge in [0, 0.05) is 38.9 Å². The molecule has 1 atom stereocenters. The summed E-state index contributed by atoms with van der Waals surface area (Å²) in [4.78, 5) is 21.9. The molecule has 1 fully saturated rings. The molecule has 0 aliphatic carbocycles. The Morgan fingerprint density at radius 1 is 1.30 bits per heavy atom. The zero-order valence-corrected chi connectivity index (χ0v) is 13.3. The fourth-order valence-corrected chi connectivity index (χ4v) is 3.15. The zero-order valence-electron chi connectivity index (χ0n) is 13.3. The smallest absolute Gasteiger partial charge is 0.340 e. The second-order valence-corrected chi connectivity index (χ2v) is 6.26. The van der Waals surface area contributed by atoms with E-state index in [0.29, 0.717) is 24.9 Å². The van der Waals surface area contributed by atoms with Crippen molar-refractivity contribution >= 4 is 17.4 Å². The van der Waals surface area contributed by atoms with Crippen molar-refractivity contribution in [1.82, 2.24) is 9.88 Å². The standard InChI is InChI=1S/C15H19F3N4O/c1-9(2)21-4-5-22-12(8-21)14(23)20(3)11-6-10(15(16,17)18)7-19-13(11)22/h6-7,9,12H,4-5,8H2,1-3H3/t12-/m0/s1. The predicted molar refractivity (Wildman–Crippen MR) is 80.5 cm³/mol. The number of aromatic nitrogens is 1. The van der Waals surface area contributed by atoms with Crippen molar-refractivity contribution < 1.29 is 18.0 Å². The molecule has 8 heteroatoms. The Morgan fingerprint density at radius 2 is 2.00 bits per heavy atom. The molecule has 1 aromatic heterocycles. The van der Waals surface area contributed by atoms with Gasteiger partial charge in [-0.3, -0.25) is 9.69 Å². The van der Waals surface area contributed by atoms with Gasteiger partial charge in [-0.2, -0.15) is 13.2 Å². The van der Waals surface area contributed by atoms with Crippen LogP contribution in [0.1, 0.15) is 19.4 Å². The number of rotatable bonds is 1. The molecule has 1 saturated heterocycles. The number of piperazine rings is 1. The molecule has 3 rings (SSSR count). The molecule has 126 valence electrons. The monoisotopic (exact) mass is 328 g/mol. The summed E-state index contributed by atoms with van der Waals surface area (Å²) in [5, 5.41) is 0. The molecule has 3 heterocycles. The summed E-state index contributed by atoms with van der Waals surface area (Å²) in [5.74, 6) is 0.262. The molecule has 2 aliphatic heterocycles. The predicted octanol–water partition coefficient (Wildman–Crippen LogP) is 1.98. The van der Waals surface area contributed by atoms with Crippen LogP contribution < -0.4 is 9.80 Å².